The third kappa shape index (κ3) is 2.47. The Kier molecular flexibility index (Phi) is 3.22. The SMILES string of the molecule is O=C(NCC1Cc2ccccc21)c1cccc(Cl)n1. The second kappa shape index (κ2) is 5.02. The lowest BCUT2D eigenvalue weighted by Crippen LogP contribution is -2.33. The van der Waals surface area contributed by atoms with E-state index in [1.54, 1.807) is 18.2 Å². The Morgan fingerprint density at radius 3 is 2.89 bits per heavy atom. The Bertz CT molecular complexity index is 627. The second-order valence-corrected chi connectivity index (χ2v) is 5.04. The van der Waals surface area contributed by atoms with Crippen molar-refractivity contribution >= 4 is 17.5 Å². The molecule has 0 spiro atoms. The Labute approximate surface area is 116 Å². The number of benzene rings is 1. The summed E-state index contributed by atoms with van der Waals surface area (Å²) in [5.74, 6) is 0.242. The molecule has 0 aliphatic heterocycles. The molecule has 1 aliphatic rings. The van der Waals surface area contributed by atoms with Gasteiger partial charge in [-0.25, -0.2) is 4.98 Å². The van der Waals surface area contributed by atoms with Crippen LogP contribution in [0.4, 0.5) is 0 Å². The Morgan fingerprint density at radius 2 is 2.11 bits per heavy atom. The van der Waals surface area contributed by atoms with Gasteiger partial charge >= 0.3 is 0 Å². The highest BCUT2D eigenvalue weighted by molar-refractivity contribution is 6.29. The molecule has 1 N–H and O–H groups in total. The van der Waals surface area contributed by atoms with Crippen LogP contribution in [-0.2, 0) is 6.42 Å². The van der Waals surface area contributed by atoms with Crippen molar-refractivity contribution < 1.29 is 4.79 Å². The molecule has 0 saturated carbocycles. The van der Waals surface area contributed by atoms with E-state index in [2.05, 4.69) is 22.4 Å². The lowest BCUT2D eigenvalue weighted by Gasteiger charge is -2.30. The number of hydrogen-bond acceptors (Lipinski definition) is 2. The molecule has 1 atom stereocenters. The van der Waals surface area contributed by atoms with Gasteiger partial charge in [-0.05, 0) is 29.7 Å². The van der Waals surface area contributed by atoms with Crippen LogP contribution in [0, 0.1) is 0 Å². The topological polar surface area (TPSA) is 42.0 Å². The predicted octanol–water partition coefficient (Wildman–Crippen LogP) is 2.80. The summed E-state index contributed by atoms with van der Waals surface area (Å²) in [6.45, 7) is 0.643. The summed E-state index contributed by atoms with van der Waals surface area (Å²) in [7, 11) is 0. The van der Waals surface area contributed by atoms with Gasteiger partial charge in [-0.2, -0.15) is 0 Å². The number of carbonyl (C=O) groups is 1. The van der Waals surface area contributed by atoms with Crippen LogP contribution in [0.3, 0.4) is 0 Å². The molecule has 3 rings (SSSR count). The molecule has 0 fully saturated rings. The zero-order valence-corrected chi connectivity index (χ0v) is 11.0. The lowest BCUT2D eigenvalue weighted by molar-refractivity contribution is 0.0945. The normalized spacial score (nSPS) is 16.4. The number of hydrogen-bond donors (Lipinski definition) is 1. The number of nitrogens with zero attached hydrogens (tertiary/aromatic N) is 1. The molecule has 0 radical (unpaired) electrons. The van der Waals surface area contributed by atoms with E-state index in [9.17, 15) is 4.79 Å². The van der Waals surface area contributed by atoms with Gasteiger partial charge in [-0.15, -0.1) is 0 Å². The van der Waals surface area contributed by atoms with Crippen LogP contribution in [0.1, 0.15) is 27.5 Å². The number of carbonyl (C=O) groups excluding carboxylic acids is 1. The van der Waals surface area contributed by atoms with E-state index in [1.165, 1.54) is 11.1 Å². The largest absolute Gasteiger partial charge is 0.350 e. The molecule has 0 bridgehead atoms. The van der Waals surface area contributed by atoms with Crippen LogP contribution in [0.15, 0.2) is 42.5 Å². The van der Waals surface area contributed by atoms with E-state index in [0.29, 0.717) is 23.3 Å². The van der Waals surface area contributed by atoms with E-state index < -0.39 is 0 Å². The van der Waals surface area contributed by atoms with Gasteiger partial charge in [0.2, 0.25) is 0 Å². The third-order valence-electron chi connectivity index (χ3n) is 3.42. The highest BCUT2D eigenvalue weighted by Crippen LogP contribution is 2.33. The van der Waals surface area contributed by atoms with Gasteiger partial charge in [0.25, 0.3) is 5.91 Å². The maximum atomic E-state index is 11.9. The first-order valence-corrected chi connectivity index (χ1v) is 6.60. The summed E-state index contributed by atoms with van der Waals surface area (Å²) in [5.41, 5.74) is 3.07. The van der Waals surface area contributed by atoms with Gasteiger partial charge in [0.1, 0.15) is 10.8 Å². The van der Waals surface area contributed by atoms with Gasteiger partial charge in [0.15, 0.2) is 0 Å². The number of nitrogens with one attached hydrogen (secondary N) is 1. The van der Waals surface area contributed by atoms with Crippen LogP contribution in [0.2, 0.25) is 5.15 Å². The molecule has 1 aromatic heterocycles. The summed E-state index contributed by atoms with van der Waals surface area (Å²) in [4.78, 5) is 15.9. The Hall–Kier alpha value is -1.87. The van der Waals surface area contributed by atoms with E-state index >= 15 is 0 Å². The maximum Gasteiger partial charge on any atom is 0.269 e. The van der Waals surface area contributed by atoms with Gasteiger partial charge < -0.3 is 5.32 Å². The number of rotatable bonds is 3. The fourth-order valence-corrected chi connectivity index (χ4v) is 2.55. The molecular formula is C15H13ClN2O. The molecule has 3 nitrogen and oxygen atoms in total. The average molecular weight is 273 g/mol. The van der Waals surface area contributed by atoms with E-state index in [1.807, 2.05) is 12.1 Å². The first-order valence-electron chi connectivity index (χ1n) is 6.22. The van der Waals surface area contributed by atoms with Crippen molar-refractivity contribution in [3.8, 4) is 0 Å². The van der Waals surface area contributed by atoms with Crippen molar-refractivity contribution in [1.29, 1.82) is 0 Å². The number of aromatic nitrogens is 1. The van der Waals surface area contributed by atoms with Gasteiger partial charge in [0, 0.05) is 12.5 Å². The van der Waals surface area contributed by atoms with Gasteiger partial charge in [-0.1, -0.05) is 41.9 Å². The fourth-order valence-electron chi connectivity index (χ4n) is 2.39. The van der Waals surface area contributed by atoms with Gasteiger partial charge in [-0.3, -0.25) is 4.79 Å². The molecule has 19 heavy (non-hydrogen) atoms. The van der Waals surface area contributed by atoms with Gasteiger partial charge in [0.05, 0.1) is 0 Å². The minimum absolute atomic E-state index is 0.174. The minimum Gasteiger partial charge on any atom is -0.350 e. The number of pyridine rings is 1. The van der Waals surface area contributed by atoms with Crippen LogP contribution in [-0.4, -0.2) is 17.4 Å². The first kappa shape index (κ1) is 12.2. The van der Waals surface area contributed by atoms with E-state index in [0.717, 1.165) is 6.42 Å². The molecule has 1 aliphatic carbocycles. The standard InChI is InChI=1S/C15H13ClN2O/c16-14-7-3-6-13(18-14)15(19)17-9-11-8-10-4-1-2-5-12(10)11/h1-7,11H,8-9H2,(H,17,19). The zero-order valence-electron chi connectivity index (χ0n) is 10.3. The summed E-state index contributed by atoms with van der Waals surface area (Å²) in [6, 6.07) is 13.4. The van der Waals surface area contributed by atoms with Crippen LogP contribution < -0.4 is 5.32 Å². The smallest absolute Gasteiger partial charge is 0.269 e. The van der Waals surface area contributed by atoms with Crippen LogP contribution >= 0.6 is 11.6 Å². The van der Waals surface area contributed by atoms with Crippen LogP contribution in [0.5, 0.6) is 0 Å². The molecule has 1 aromatic carbocycles. The molecule has 4 heteroatoms. The summed E-state index contributed by atoms with van der Waals surface area (Å²) in [6.07, 6.45) is 1.03. The average Bonchev–Trinajstić information content (AvgIpc) is 2.39. The maximum absolute atomic E-state index is 11.9. The number of fused-ring (bicyclic) bond motifs is 1. The van der Waals surface area contributed by atoms with Crippen molar-refractivity contribution in [2.24, 2.45) is 0 Å². The lowest BCUT2D eigenvalue weighted by atomic mass is 9.77. The molecule has 1 amide bonds. The Morgan fingerprint density at radius 1 is 1.26 bits per heavy atom. The minimum atomic E-state index is -0.174. The quantitative estimate of drug-likeness (QED) is 0.873. The summed E-state index contributed by atoms with van der Waals surface area (Å²) >= 11 is 5.77. The second-order valence-electron chi connectivity index (χ2n) is 4.66. The first-order chi connectivity index (χ1) is 9.24. The summed E-state index contributed by atoms with van der Waals surface area (Å²) < 4.78 is 0. The van der Waals surface area contributed by atoms with Crippen LogP contribution in [0.25, 0.3) is 0 Å². The van der Waals surface area contributed by atoms with Crippen molar-refractivity contribution in [1.82, 2.24) is 10.3 Å². The van der Waals surface area contributed by atoms with Crippen molar-refractivity contribution in [3.05, 3.63) is 64.4 Å². The van der Waals surface area contributed by atoms with Crippen molar-refractivity contribution in [3.63, 3.8) is 0 Å². The molecule has 0 saturated heterocycles. The molecular weight excluding hydrogens is 260 g/mol. The number of amides is 1. The highest BCUT2D eigenvalue weighted by atomic mass is 35.5. The molecule has 2 aromatic rings. The molecule has 1 unspecified atom stereocenters. The van der Waals surface area contributed by atoms with E-state index in [4.69, 9.17) is 11.6 Å². The molecule has 96 valence electrons. The predicted molar refractivity (Wildman–Crippen MR) is 74.5 cm³/mol. The van der Waals surface area contributed by atoms with Crippen molar-refractivity contribution in [2.75, 3.05) is 6.54 Å². The zero-order chi connectivity index (χ0) is 13.2. The van der Waals surface area contributed by atoms with E-state index in [-0.39, 0.29) is 5.91 Å². The van der Waals surface area contributed by atoms with Crippen molar-refractivity contribution in [2.45, 2.75) is 12.3 Å². The highest BCUT2D eigenvalue weighted by Gasteiger charge is 2.25. The fraction of sp³-hybridized carbons (Fsp3) is 0.200. The third-order valence-corrected chi connectivity index (χ3v) is 3.63. The molecule has 1 heterocycles. The number of halogens is 1. The monoisotopic (exact) mass is 272 g/mol. The Balaban J connectivity index is 1.61. The summed E-state index contributed by atoms with van der Waals surface area (Å²) in [5, 5.41) is 3.24.